The largest absolute Gasteiger partial charge is 0.461 e. The number of nitrogens with zero attached hydrogens (tertiary/aromatic N) is 5. The zero-order valence-corrected chi connectivity index (χ0v) is 25.3. The SMILES string of the molecule is C=C(F)C(=O)N1CCC2[C@H]1CN2c1nc(OCC23CCCN2CCC3)nc2cc(-c3cccc4ccc(F)c(Cl)c34)c(F)cc12. The lowest BCUT2D eigenvalue weighted by Crippen LogP contribution is -2.63. The van der Waals surface area contributed by atoms with E-state index in [9.17, 15) is 13.6 Å². The molecule has 1 aromatic heterocycles. The monoisotopic (exact) mass is 633 g/mol. The van der Waals surface area contributed by atoms with Crippen molar-refractivity contribution in [3.63, 3.8) is 0 Å². The number of carbonyl (C=O) groups excluding carboxylic acids is 1. The van der Waals surface area contributed by atoms with E-state index in [1.165, 1.54) is 17.0 Å². The predicted molar refractivity (Wildman–Crippen MR) is 167 cm³/mol. The highest BCUT2D eigenvalue weighted by atomic mass is 35.5. The van der Waals surface area contributed by atoms with Crippen LogP contribution in [0.4, 0.5) is 19.0 Å². The van der Waals surface area contributed by atoms with Gasteiger partial charge in [0.1, 0.15) is 24.1 Å². The average molecular weight is 634 g/mol. The number of likely N-dealkylation sites (tertiary alicyclic amines) is 1. The fourth-order valence-corrected chi connectivity index (χ4v) is 8.34. The van der Waals surface area contributed by atoms with Crippen molar-refractivity contribution in [1.29, 1.82) is 0 Å². The van der Waals surface area contributed by atoms with Crippen LogP contribution >= 0.6 is 11.6 Å². The van der Waals surface area contributed by atoms with E-state index in [-0.39, 0.29) is 34.2 Å². The minimum atomic E-state index is -0.979. The van der Waals surface area contributed by atoms with E-state index in [0.717, 1.165) is 38.8 Å². The number of hydrogen-bond donors (Lipinski definition) is 0. The van der Waals surface area contributed by atoms with Gasteiger partial charge in [-0.25, -0.2) is 13.2 Å². The Labute approximate surface area is 263 Å². The number of fused-ring (bicyclic) bond motifs is 4. The summed E-state index contributed by atoms with van der Waals surface area (Å²) in [4.78, 5) is 28.0. The molecule has 11 heteroatoms. The smallest absolute Gasteiger partial charge is 0.319 e. The third-order valence-corrected chi connectivity index (χ3v) is 10.7. The van der Waals surface area contributed by atoms with Crippen LogP contribution in [-0.4, -0.2) is 76.1 Å². The van der Waals surface area contributed by atoms with Gasteiger partial charge in [-0.3, -0.25) is 9.69 Å². The number of amides is 1. The first-order chi connectivity index (χ1) is 21.7. The first-order valence-corrected chi connectivity index (χ1v) is 15.8. The fraction of sp³-hybridized carbons (Fsp3) is 0.382. The van der Waals surface area contributed by atoms with Gasteiger partial charge in [0.25, 0.3) is 5.91 Å². The maximum atomic E-state index is 16.1. The van der Waals surface area contributed by atoms with Crippen LogP contribution in [0.25, 0.3) is 32.8 Å². The maximum absolute atomic E-state index is 16.1. The maximum Gasteiger partial charge on any atom is 0.319 e. The van der Waals surface area contributed by atoms with Gasteiger partial charge in [0.05, 0.1) is 28.2 Å². The van der Waals surface area contributed by atoms with Crippen LogP contribution in [0.15, 0.2) is 54.9 Å². The summed E-state index contributed by atoms with van der Waals surface area (Å²) in [5, 5.41) is 1.52. The molecule has 4 saturated heterocycles. The molecule has 0 aliphatic carbocycles. The van der Waals surface area contributed by atoms with Gasteiger partial charge in [-0.2, -0.15) is 9.97 Å². The molecule has 5 heterocycles. The Hall–Kier alpha value is -3.89. The highest BCUT2D eigenvalue weighted by Crippen LogP contribution is 2.43. The third kappa shape index (κ3) is 4.47. The Balaban J connectivity index is 1.22. The minimum Gasteiger partial charge on any atom is -0.461 e. The molecule has 3 aromatic carbocycles. The molecule has 0 N–H and O–H groups in total. The lowest BCUT2D eigenvalue weighted by molar-refractivity contribution is -0.130. The van der Waals surface area contributed by atoms with E-state index in [0.29, 0.717) is 59.2 Å². The number of anilines is 1. The van der Waals surface area contributed by atoms with Crippen LogP contribution in [0.1, 0.15) is 32.1 Å². The molecule has 2 atom stereocenters. The standard InChI is InChI=1S/C34H31ClF3N5O2/c1-19(36)32(44)42-14-9-27-28(42)17-43(27)31-23-15-25(38)22(21-6-2-5-20-7-8-24(37)30(35)29(20)21)16-26(23)39-33(40-31)45-18-34-10-3-12-41(34)13-4-11-34/h2,5-8,15-16,27-28H,1,3-4,9-14,17-18H2/t27?,28-/m1/s1. The van der Waals surface area contributed by atoms with E-state index >= 15 is 4.39 Å². The average Bonchev–Trinajstić information content (AvgIpc) is 3.70. The Morgan fingerprint density at radius 1 is 1.02 bits per heavy atom. The van der Waals surface area contributed by atoms with Crippen LogP contribution in [0.3, 0.4) is 0 Å². The second-order valence-electron chi connectivity index (χ2n) is 12.6. The predicted octanol–water partition coefficient (Wildman–Crippen LogP) is 6.66. The fourth-order valence-electron chi connectivity index (χ4n) is 8.07. The molecule has 7 nitrogen and oxygen atoms in total. The molecule has 8 rings (SSSR count). The molecule has 232 valence electrons. The summed E-state index contributed by atoms with van der Waals surface area (Å²) >= 11 is 6.41. The van der Waals surface area contributed by atoms with Crippen LogP contribution in [-0.2, 0) is 4.79 Å². The Bertz CT molecular complexity index is 1890. The number of halogens is 4. The van der Waals surface area contributed by atoms with Crippen LogP contribution in [0.2, 0.25) is 5.02 Å². The van der Waals surface area contributed by atoms with Crippen molar-refractivity contribution in [1.82, 2.24) is 19.8 Å². The lowest BCUT2D eigenvalue weighted by Gasteiger charge is -2.47. The number of ether oxygens (including phenoxy) is 1. The molecular weight excluding hydrogens is 603 g/mol. The van der Waals surface area contributed by atoms with Gasteiger partial charge in [0.2, 0.25) is 0 Å². The first kappa shape index (κ1) is 28.6. The van der Waals surface area contributed by atoms with Crippen molar-refractivity contribution < 1.29 is 22.7 Å². The summed E-state index contributed by atoms with van der Waals surface area (Å²) in [7, 11) is 0. The van der Waals surface area contributed by atoms with Crippen LogP contribution < -0.4 is 9.64 Å². The lowest BCUT2D eigenvalue weighted by atomic mass is 9.94. The van der Waals surface area contributed by atoms with E-state index in [2.05, 4.69) is 11.5 Å². The summed E-state index contributed by atoms with van der Waals surface area (Å²) in [6.07, 6.45) is 4.98. The molecule has 45 heavy (non-hydrogen) atoms. The van der Waals surface area contributed by atoms with E-state index < -0.39 is 23.4 Å². The summed E-state index contributed by atoms with van der Waals surface area (Å²) in [6, 6.07) is 11.1. The molecule has 1 amide bonds. The van der Waals surface area contributed by atoms with Crippen molar-refractivity contribution >= 4 is 45.0 Å². The Morgan fingerprint density at radius 2 is 1.82 bits per heavy atom. The minimum absolute atomic E-state index is 0.0286. The second-order valence-corrected chi connectivity index (χ2v) is 13.0. The van der Waals surface area contributed by atoms with Crippen molar-refractivity contribution in [3.05, 3.63) is 71.5 Å². The molecule has 0 spiro atoms. The second kappa shape index (κ2) is 10.6. The van der Waals surface area contributed by atoms with E-state index in [4.69, 9.17) is 26.3 Å². The van der Waals surface area contributed by atoms with Crippen LogP contribution in [0, 0.1) is 11.6 Å². The molecule has 0 radical (unpaired) electrons. The van der Waals surface area contributed by atoms with Crippen LogP contribution in [0.5, 0.6) is 6.01 Å². The van der Waals surface area contributed by atoms with Gasteiger partial charge in [0, 0.05) is 29.4 Å². The normalized spacial score (nSPS) is 22.1. The summed E-state index contributed by atoms with van der Waals surface area (Å²) in [5.74, 6) is -2.29. The molecule has 0 bridgehead atoms. The zero-order chi connectivity index (χ0) is 31.0. The molecular formula is C34H31ClF3N5O2. The highest BCUT2D eigenvalue weighted by Gasteiger charge is 2.50. The van der Waals surface area contributed by atoms with Gasteiger partial charge in [-0.15, -0.1) is 0 Å². The number of hydrogen-bond acceptors (Lipinski definition) is 6. The third-order valence-electron chi connectivity index (χ3n) is 10.3. The summed E-state index contributed by atoms with van der Waals surface area (Å²) in [6.45, 7) is 6.56. The summed E-state index contributed by atoms with van der Waals surface area (Å²) in [5.41, 5.74) is 1.12. The van der Waals surface area contributed by atoms with Crippen molar-refractivity contribution in [2.24, 2.45) is 0 Å². The molecule has 0 saturated carbocycles. The van der Waals surface area contributed by atoms with Crippen molar-refractivity contribution in [2.75, 3.05) is 37.7 Å². The van der Waals surface area contributed by atoms with Gasteiger partial charge in [-0.05, 0) is 74.3 Å². The Kier molecular flexibility index (Phi) is 6.73. The van der Waals surface area contributed by atoms with Gasteiger partial charge in [0.15, 0.2) is 5.83 Å². The number of benzene rings is 3. The van der Waals surface area contributed by atoms with Gasteiger partial charge < -0.3 is 14.5 Å². The topological polar surface area (TPSA) is 61.8 Å². The molecule has 4 aliphatic heterocycles. The first-order valence-electron chi connectivity index (χ1n) is 15.4. The quantitative estimate of drug-likeness (QED) is 0.221. The molecule has 1 unspecified atom stereocenters. The van der Waals surface area contributed by atoms with Crippen molar-refractivity contribution in [2.45, 2.75) is 49.7 Å². The van der Waals surface area contributed by atoms with E-state index in [1.807, 2.05) is 4.90 Å². The number of rotatable bonds is 6. The van der Waals surface area contributed by atoms with Crippen molar-refractivity contribution in [3.8, 4) is 17.1 Å². The molecule has 4 aromatic rings. The zero-order valence-electron chi connectivity index (χ0n) is 24.5. The van der Waals surface area contributed by atoms with Gasteiger partial charge in [-0.1, -0.05) is 42.4 Å². The molecule has 4 aliphatic rings. The number of carbonyl (C=O) groups is 1. The highest BCUT2D eigenvalue weighted by molar-refractivity contribution is 6.37. The van der Waals surface area contributed by atoms with E-state index in [1.54, 1.807) is 30.3 Å². The number of aromatic nitrogens is 2. The summed E-state index contributed by atoms with van der Waals surface area (Å²) < 4.78 is 50.7. The molecule has 4 fully saturated rings. The van der Waals surface area contributed by atoms with Gasteiger partial charge >= 0.3 is 6.01 Å². The Morgan fingerprint density at radius 3 is 2.60 bits per heavy atom.